The molecule has 1 N–H and O–H groups in total. The molecule has 6 nitrogen and oxygen atoms in total. The van der Waals surface area contributed by atoms with Gasteiger partial charge >= 0.3 is 0 Å². The van der Waals surface area contributed by atoms with Crippen molar-refractivity contribution in [2.75, 3.05) is 31.1 Å². The molecule has 0 atom stereocenters. The molecular formula is C28H25N5O. The maximum atomic E-state index is 12.5. The first-order valence-corrected chi connectivity index (χ1v) is 11.6. The van der Waals surface area contributed by atoms with Crippen LogP contribution in [-0.2, 0) is 6.54 Å². The number of hydrogen-bond acceptors (Lipinski definition) is 5. The van der Waals surface area contributed by atoms with Crippen molar-refractivity contribution >= 4 is 27.6 Å². The Morgan fingerprint density at radius 1 is 0.794 bits per heavy atom. The van der Waals surface area contributed by atoms with Gasteiger partial charge < -0.3 is 9.88 Å². The van der Waals surface area contributed by atoms with Crippen molar-refractivity contribution in [3.8, 4) is 11.3 Å². The van der Waals surface area contributed by atoms with Crippen LogP contribution in [0, 0.1) is 0 Å². The topological polar surface area (TPSA) is 65.1 Å². The Hall–Kier alpha value is -4.03. The molecule has 3 heterocycles. The highest BCUT2D eigenvalue weighted by Crippen LogP contribution is 2.24. The van der Waals surface area contributed by atoms with Gasteiger partial charge in [0.05, 0.1) is 5.69 Å². The number of pyridine rings is 1. The summed E-state index contributed by atoms with van der Waals surface area (Å²) in [4.78, 5) is 29.5. The van der Waals surface area contributed by atoms with Crippen LogP contribution in [0.2, 0.25) is 0 Å². The van der Waals surface area contributed by atoms with Gasteiger partial charge in [-0.15, -0.1) is 0 Å². The van der Waals surface area contributed by atoms with Crippen molar-refractivity contribution in [1.82, 2.24) is 19.9 Å². The number of hydrogen-bond donors (Lipinski definition) is 1. The molecule has 0 saturated carbocycles. The molecule has 0 bridgehead atoms. The molecule has 6 heteroatoms. The number of anilines is 1. The summed E-state index contributed by atoms with van der Waals surface area (Å²) in [6.45, 7) is 4.01. The van der Waals surface area contributed by atoms with E-state index in [-0.39, 0.29) is 5.56 Å². The van der Waals surface area contributed by atoms with E-state index < -0.39 is 0 Å². The summed E-state index contributed by atoms with van der Waals surface area (Å²) in [5.74, 6) is 0.758. The second-order valence-electron chi connectivity index (χ2n) is 8.78. The summed E-state index contributed by atoms with van der Waals surface area (Å²) >= 11 is 0. The van der Waals surface area contributed by atoms with E-state index in [1.807, 2.05) is 42.6 Å². The van der Waals surface area contributed by atoms with Crippen molar-refractivity contribution in [2.45, 2.75) is 6.54 Å². The van der Waals surface area contributed by atoms with Gasteiger partial charge in [0, 0.05) is 55.6 Å². The Morgan fingerprint density at radius 2 is 1.56 bits per heavy atom. The van der Waals surface area contributed by atoms with Gasteiger partial charge in [-0.25, -0.2) is 9.97 Å². The van der Waals surface area contributed by atoms with E-state index in [1.54, 1.807) is 0 Å². The number of nitrogens with zero attached hydrogens (tertiary/aromatic N) is 4. The molecule has 168 valence electrons. The number of benzene rings is 3. The molecule has 34 heavy (non-hydrogen) atoms. The Morgan fingerprint density at radius 3 is 2.41 bits per heavy atom. The van der Waals surface area contributed by atoms with Crippen molar-refractivity contribution < 1.29 is 0 Å². The molecular weight excluding hydrogens is 422 g/mol. The lowest BCUT2D eigenvalue weighted by atomic mass is 10.1. The fraction of sp³-hybridized carbons (Fsp3) is 0.179. The summed E-state index contributed by atoms with van der Waals surface area (Å²) < 4.78 is 0. The average molecular weight is 448 g/mol. The highest BCUT2D eigenvalue weighted by Gasteiger charge is 2.20. The summed E-state index contributed by atoms with van der Waals surface area (Å²) in [6, 6.07) is 26.7. The van der Waals surface area contributed by atoms with Crippen molar-refractivity contribution in [2.24, 2.45) is 0 Å². The van der Waals surface area contributed by atoms with E-state index in [0.29, 0.717) is 6.54 Å². The van der Waals surface area contributed by atoms with Crippen LogP contribution in [0.15, 0.2) is 89.9 Å². The zero-order valence-electron chi connectivity index (χ0n) is 18.8. The van der Waals surface area contributed by atoms with Gasteiger partial charge in [0.15, 0.2) is 0 Å². The molecule has 1 fully saturated rings. The van der Waals surface area contributed by atoms with Crippen LogP contribution in [0.25, 0.3) is 32.9 Å². The van der Waals surface area contributed by atoms with Crippen molar-refractivity contribution in [1.29, 1.82) is 0 Å². The van der Waals surface area contributed by atoms with Gasteiger partial charge in [0.1, 0.15) is 0 Å². The predicted molar refractivity (Wildman–Crippen MR) is 137 cm³/mol. The van der Waals surface area contributed by atoms with Gasteiger partial charge in [0.2, 0.25) is 5.95 Å². The lowest BCUT2D eigenvalue weighted by Gasteiger charge is -2.34. The van der Waals surface area contributed by atoms with Crippen LogP contribution >= 0.6 is 0 Å². The molecule has 0 aliphatic carbocycles. The van der Waals surface area contributed by atoms with Gasteiger partial charge in [0.25, 0.3) is 5.56 Å². The van der Waals surface area contributed by atoms with Crippen molar-refractivity contribution in [3.63, 3.8) is 0 Å². The monoisotopic (exact) mass is 447 g/mol. The molecule has 0 amide bonds. The number of nitrogens with one attached hydrogen (secondary N) is 1. The maximum Gasteiger partial charge on any atom is 0.252 e. The molecule has 6 rings (SSSR count). The third kappa shape index (κ3) is 4.04. The Labute approximate surface area is 197 Å². The minimum atomic E-state index is -0.00690. The minimum absolute atomic E-state index is 0.00690. The van der Waals surface area contributed by atoms with E-state index in [2.05, 4.69) is 62.2 Å². The first-order valence-electron chi connectivity index (χ1n) is 11.6. The molecule has 1 saturated heterocycles. The van der Waals surface area contributed by atoms with Crippen molar-refractivity contribution in [3.05, 3.63) is 101 Å². The van der Waals surface area contributed by atoms with Crippen LogP contribution < -0.4 is 10.5 Å². The highest BCUT2D eigenvalue weighted by molar-refractivity contribution is 5.86. The lowest BCUT2D eigenvalue weighted by Crippen LogP contribution is -2.47. The number of aromatic nitrogens is 3. The van der Waals surface area contributed by atoms with Crippen LogP contribution in [0.1, 0.15) is 5.56 Å². The Bertz CT molecular complexity index is 1540. The van der Waals surface area contributed by atoms with Crippen LogP contribution in [0.4, 0.5) is 5.95 Å². The van der Waals surface area contributed by atoms with Crippen LogP contribution in [0.3, 0.4) is 0 Å². The molecule has 5 aromatic rings. The number of piperazine rings is 1. The Kier molecular flexibility index (Phi) is 5.28. The summed E-state index contributed by atoms with van der Waals surface area (Å²) in [5.41, 5.74) is 3.70. The fourth-order valence-electron chi connectivity index (χ4n) is 4.67. The largest absolute Gasteiger partial charge is 0.338 e. The molecule has 0 unspecified atom stereocenters. The third-order valence-electron chi connectivity index (χ3n) is 6.57. The predicted octanol–water partition coefficient (Wildman–Crippen LogP) is 4.46. The van der Waals surface area contributed by atoms with E-state index in [1.165, 1.54) is 10.8 Å². The highest BCUT2D eigenvalue weighted by atomic mass is 16.1. The average Bonchev–Trinajstić information content (AvgIpc) is 2.89. The molecule has 1 aliphatic heterocycles. The van der Waals surface area contributed by atoms with E-state index in [0.717, 1.165) is 59.9 Å². The zero-order valence-corrected chi connectivity index (χ0v) is 18.8. The molecule has 0 spiro atoms. The SMILES string of the molecule is O=c1[nH]c2ccccc2cc1CN1CCN(c2nccc(-c3ccc4ccccc4c3)n2)CC1. The zero-order chi connectivity index (χ0) is 22.9. The summed E-state index contributed by atoms with van der Waals surface area (Å²) in [5, 5.41) is 3.49. The minimum Gasteiger partial charge on any atom is -0.338 e. The molecule has 2 aromatic heterocycles. The fourth-order valence-corrected chi connectivity index (χ4v) is 4.67. The normalized spacial score (nSPS) is 14.6. The first kappa shape index (κ1) is 20.6. The first-order chi connectivity index (χ1) is 16.7. The van der Waals surface area contributed by atoms with Gasteiger partial charge in [-0.2, -0.15) is 0 Å². The number of para-hydroxylation sites is 1. The number of aromatic amines is 1. The maximum absolute atomic E-state index is 12.5. The quantitative estimate of drug-likeness (QED) is 0.441. The summed E-state index contributed by atoms with van der Waals surface area (Å²) in [7, 11) is 0. The Balaban J connectivity index is 1.16. The number of fused-ring (bicyclic) bond motifs is 2. The number of H-pyrrole nitrogens is 1. The van der Waals surface area contributed by atoms with E-state index in [9.17, 15) is 4.79 Å². The van der Waals surface area contributed by atoms with Gasteiger partial charge in [-0.3, -0.25) is 9.69 Å². The van der Waals surface area contributed by atoms with Crippen LogP contribution in [0.5, 0.6) is 0 Å². The van der Waals surface area contributed by atoms with Gasteiger partial charge in [-0.05, 0) is 40.4 Å². The second-order valence-corrected chi connectivity index (χ2v) is 8.78. The molecule has 3 aromatic carbocycles. The van der Waals surface area contributed by atoms with E-state index in [4.69, 9.17) is 4.98 Å². The lowest BCUT2D eigenvalue weighted by molar-refractivity contribution is 0.248. The third-order valence-corrected chi connectivity index (χ3v) is 6.57. The second kappa shape index (κ2) is 8.72. The van der Waals surface area contributed by atoms with E-state index >= 15 is 0 Å². The molecule has 0 radical (unpaired) electrons. The number of rotatable bonds is 4. The van der Waals surface area contributed by atoms with Gasteiger partial charge in [-0.1, -0.05) is 54.6 Å². The standard InChI is InChI=1S/C28H25N5O/c34-27-24(18-22-7-3-4-8-25(22)30-27)19-32-13-15-33(16-14-32)28-29-12-11-26(31-28)23-10-9-20-5-1-2-6-21(20)17-23/h1-12,17-18H,13-16,19H2,(H,30,34). The smallest absolute Gasteiger partial charge is 0.252 e. The molecule has 1 aliphatic rings. The van der Waals surface area contributed by atoms with Crippen LogP contribution in [-0.4, -0.2) is 46.0 Å². The summed E-state index contributed by atoms with van der Waals surface area (Å²) in [6.07, 6.45) is 1.84.